The van der Waals surface area contributed by atoms with Crippen LogP contribution in [0.2, 0.25) is 0 Å². The van der Waals surface area contributed by atoms with Crippen molar-refractivity contribution in [1.82, 2.24) is 9.97 Å². The van der Waals surface area contributed by atoms with Crippen molar-refractivity contribution in [2.45, 2.75) is 10.9 Å². The third-order valence-corrected chi connectivity index (χ3v) is 3.78. The van der Waals surface area contributed by atoms with Gasteiger partial charge in [0.15, 0.2) is 5.16 Å². The van der Waals surface area contributed by atoms with Crippen molar-refractivity contribution in [2.75, 3.05) is 5.73 Å². The molecule has 1 aromatic heterocycles. The maximum absolute atomic E-state index is 12.9. The molecule has 18 heavy (non-hydrogen) atoms. The van der Waals surface area contributed by atoms with E-state index >= 15 is 0 Å². The number of rotatable bonds is 3. The molecule has 0 aliphatic rings. The number of nitrogens with one attached hydrogen (secondary N) is 1. The van der Waals surface area contributed by atoms with Gasteiger partial charge in [0.1, 0.15) is 11.6 Å². The van der Waals surface area contributed by atoms with Crippen LogP contribution >= 0.6 is 27.7 Å². The Kier molecular flexibility index (Phi) is 4.03. The van der Waals surface area contributed by atoms with E-state index in [-0.39, 0.29) is 17.2 Å². The van der Waals surface area contributed by atoms with Gasteiger partial charge in [0.05, 0.1) is 0 Å². The molecular formula is C11H9BrFN3OS. The Hall–Kier alpha value is -1.34. The largest absolute Gasteiger partial charge is 0.383 e. The summed E-state index contributed by atoms with van der Waals surface area (Å²) in [5.41, 5.74) is 6.09. The SMILES string of the molecule is Nc1cc(=O)[nH]c(SCc2ccc(F)cc2Br)n1. The van der Waals surface area contributed by atoms with Gasteiger partial charge in [-0.15, -0.1) is 0 Å². The maximum Gasteiger partial charge on any atom is 0.253 e. The van der Waals surface area contributed by atoms with Gasteiger partial charge in [0, 0.05) is 16.3 Å². The highest BCUT2D eigenvalue weighted by molar-refractivity contribution is 9.10. The zero-order chi connectivity index (χ0) is 13.1. The Morgan fingerprint density at radius 1 is 1.44 bits per heavy atom. The van der Waals surface area contributed by atoms with E-state index in [0.717, 1.165) is 5.56 Å². The first-order valence-electron chi connectivity index (χ1n) is 4.98. The van der Waals surface area contributed by atoms with Crippen LogP contribution in [-0.4, -0.2) is 9.97 Å². The molecule has 0 bridgehead atoms. The van der Waals surface area contributed by atoms with E-state index in [1.54, 1.807) is 6.07 Å². The van der Waals surface area contributed by atoms with Gasteiger partial charge in [0.2, 0.25) is 0 Å². The Balaban J connectivity index is 2.13. The van der Waals surface area contributed by atoms with Crippen molar-refractivity contribution in [1.29, 1.82) is 0 Å². The van der Waals surface area contributed by atoms with Crippen molar-refractivity contribution in [3.63, 3.8) is 0 Å². The van der Waals surface area contributed by atoms with Gasteiger partial charge < -0.3 is 10.7 Å². The highest BCUT2D eigenvalue weighted by Gasteiger charge is 2.04. The molecule has 0 aliphatic heterocycles. The van der Waals surface area contributed by atoms with Crippen LogP contribution < -0.4 is 11.3 Å². The summed E-state index contributed by atoms with van der Waals surface area (Å²) >= 11 is 4.60. The number of hydrogen-bond acceptors (Lipinski definition) is 4. The van der Waals surface area contributed by atoms with Crippen LogP contribution in [0.1, 0.15) is 5.56 Å². The second-order valence-corrected chi connectivity index (χ2v) is 5.32. The van der Waals surface area contributed by atoms with E-state index < -0.39 is 0 Å². The molecule has 0 amide bonds. The van der Waals surface area contributed by atoms with E-state index in [4.69, 9.17) is 5.73 Å². The predicted octanol–water partition coefficient (Wildman–Crippen LogP) is 2.55. The molecule has 2 aromatic rings. The van der Waals surface area contributed by atoms with Gasteiger partial charge in [-0.05, 0) is 17.7 Å². The number of nitrogens with zero attached hydrogens (tertiary/aromatic N) is 1. The van der Waals surface area contributed by atoms with Crippen LogP contribution in [0.5, 0.6) is 0 Å². The number of H-pyrrole nitrogens is 1. The minimum absolute atomic E-state index is 0.180. The number of hydrogen-bond donors (Lipinski definition) is 2. The first-order chi connectivity index (χ1) is 8.54. The number of nitrogen functional groups attached to an aromatic ring is 1. The minimum atomic E-state index is -0.300. The van der Waals surface area contributed by atoms with E-state index in [2.05, 4.69) is 25.9 Å². The van der Waals surface area contributed by atoms with Crippen molar-refractivity contribution in [2.24, 2.45) is 0 Å². The topological polar surface area (TPSA) is 71.8 Å². The molecule has 0 atom stereocenters. The molecule has 1 heterocycles. The Bertz CT molecular complexity index is 632. The number of benzene rings is 1. The third kappa shape index (κ3) is 3.33. The Labute approximate surface area is 115 Å². The Morgan fingerprint density at radius 3 is 2.89 bits per heavy atom. The molecule has 7 heteroatoms. The molecule has 0 saturated carbocycles. The van der Waals surface area contributed by atoms with Crippen LogP contribution in [0.3, 0.4) is 0 Å². The predicted molar refractivity (Wildman–Crippen MR) is 72.9 cm³/mol. The molecule has 0 unspecified atom stereocenters. The molecule has 1 aromatic carbocycles. The lowest BCUT2D eigenvalue weighted by Gasteiger charge is -2.04. The fraction of sp³-hybridized carbons (Fsp3) is 0.0909. The van der Waals surface area contributed by atoms with Gasteiger partial charge >= 0.3 is 0 Å². The quantitative estimate of drug-likeness (QED) is 0.670. The van der Waals surface area contributed by atoms with Gasteiger partial charge in [0.25, 0.3) is 5.56 Å². The third-order valence-electron chi connectivity index (χ3n) is 2.12. The maximum atomic E-state index is 12.9. The summed E-state index contributed by atoms with van der Waals surface area (Å²) in [4.78, 5) is 17.8. The van der Waals surface area contributed by atoms with Gasteiger partial charge in [-0.1, -0.05) is 33.8 Å². The lowest BCUT2D eigenvalue weighted by molar-refractivity contribution is 0.626. The second-order valence-electron chi connectivity index (χ2n) is 3.50. The van der Waals surface area contributed by atoms with E-state index in [1.807, 2.05) is 0 Å². The molecular weight excluding hydrogens is 321 g/mol. The number of thioether (sulfide) groups is 1. The van der Waals surface area contributed by atoms with Crippen molar-refractivity contribution in [3.05, 3.63) is 50.5 Å². The summed E-state index contributed by atoms with van der Waals surface area (Å²) in [6.45, 7) is 0. The number of aromatic nitrogens is 2. The standard InChI is InChI=1S/C11H9BrFN3OS/c12-8-3-7(13)2-1-6(8)5-18-11-15-9(14)4-10(17)16-11/h1-4H,5H2,(H3,14,15,16,17). The zero-order valence-electron chi connectivity index (χ0n) is 9.11. The number of aromatic amines is 1. The van der Waals surface area contributed by atoms with Crippen LogP contribution in [0.25, 0.3) is 0 Å². The second kappa shape index (κ2) is 5.53. The van der Waals surface area contributed by atoms with E-state index in [0.29, 0.717) is 15.4 Å². The van der Waals surface area contributed by atoms with E-state index in [1.165, 1.54) is 30.0 Å². The zero-order valence-corrected chi connectivity index (χ0v) is 11.5. The summed E-state index contributed by atoms with van der Waals surface area (Å²) < 4.78 is 13.6. The molecule has 94 valence electrons. The number of anilines is 1. The monoisotopic (exact) mass is 329 g/mol. The normalized spacial score (nSPS) is 10.6. The lowest BCUT2D eigenvalue weighted by Crippen LogP contribution is -2.09. The van der Waals surface area contributed by atoms with Crippen LogP contribution in [0.4, 0.5) is 10.2 Å². The fourth-order valence-electron chi connectivity index (χ4n) is 1.31. The highest BCUT2D eigenvalue weighted by atomic mass is 79.9. The van der Waals surface area contributed by atoms with Gasteiger partial charge in [-0.3, -0.25) is 4.79 Å². The molecule has 4 nitrogen and oxygen atoms in total. The molecule has 3 N–H and O–H groups in total. The molecule has 0 aliphatic carbocycles. The summed E-state index contributed by atoms with van der Waals surface area (Å²) in [5, 5.41) is 0.441. The van der Waals surface area contributed by atoms with Crippen molar-refractivity contribution >= 4 is 33.5 Å². The van der Waals surface area contributed by atoms with Crippen molar-refractivity contribution in [3.8, 4) is 0 Å². The van der Waals surface area contributed by atoms with Crippen LogP contribution in [0, 0.1) is 5.82 Å². The van der Waals surface area contributed by atoms with Gasteiger partial charge in [-0.2, -0.15) is 0 Å². The van der Waals surface area contributed by atoms with E-state index in [9.17, 15) is 9.18 Å². The average Bonchev–Trinajstić information content (AvgIpc) is 2.26. The summed E-state index contributed by atoms with van der Waals surface area (Å²) in [7, 11) is 0. The first-order valence-corrected chi connectivity index (χ1v) is 6.76. The molecule has 0 spiro atoms. The lowest BCUT2D eigenvalue weighted by atomic mass is 10.2. The average molecular weight is 330 g/mol. The molecule has 0 radical (unpaired) electrons. The molecule has 0 saturated heterocycles. The highest BCUT2D eigenvalue weighted by Crippen LogP contribution is 2.25. The summed E-state index contributed by atoms with van der Waals surface area (Å²) in [6.07, 6.45) is 0. The van der Waals surface area contributed by atoms with Crippen LogP contribution in [-0.2, 0) is 5.75 Å². The van der Waals surface area contributed by atoms with Gasteiger partial charge in [-0.25, -0.2) is 9.37 Å². The van der Waals surface area contributed by atoms with Crippen LogP contribution in [0.15, 0.2) is 38.7 Å². The van der Waals surface area contributed by atoms with Crippen molar-refractivity contribution < 1.29 is 4.39 Å². The number of nitrogens with two attached hydrogens (primary N) is 1. The summed E-state index contributed by atoms with van der Waals surface area (Å²) in [6, 6.07) is 5.68. The number of halogens is 2. The Morgan fingerprint density at radius 2 is 2.22 bits per heavy atom. The summed E-state index contributed by atoms with van der Waals surface area (Å²) in [5.74, 6) is 0.429. The molecule has 2 rings (SSSR count). The molecule has 0 fully saturated rings. The minimum Gasteiger partial charge on any atom is -0.383 e. The smallest absolute Gasteiger partial charge is 0.253 e. The fourth-order valence-corrected chi connectivity index (χ4v) is 2.87. The first kappa shape index (κ1) is 13.1.